The number of aromatic hydroxyl groups is 1. The van der Waals surface area contributed by atoms with E-state index in [9.17, 15) is 4.79 Å². The summed E-state index contributed by atoms with van der Waals surface area (Å²) >= 11 is 0. The van der Waals surface area contributed by atoms with Gasteiger partial charge >= 0.3 is 0 Å². The van der Waals surface area contributed by atoms with Gasteiger partial charge in [0.15, 0.2) is 0 Å². The highest BCUT2D eigenvalue weighted by molar-refractivity contribution is 5.09. The van der Waals surface area contributed by atoms with Crippen molar-refractivity contribution in [1.82, 2.24) is 9.97 Å². The fraction of sp³-hybridized carbons (Fsp3) is 0.500. The molecule has 0 spiro atoms. The second-order valence-corrected chi connectivity index (χ2v) is 2.61. The molecular formula is C8H12N2O3. The molecule has 0 fully saturated rings. The Kier molecular flexibility index (Phi) is 3.31. The van der Waals surface area contributed by atoms with Gasteiger partial charge in [0.1, 0.15) is 0 Å². The highest BCUT2D eigenvalue weighted by atomic mass is 16.5. The molecule has 2 N–H and O–H groups in total. The van der Waals surface area contributed by atoms with E-state index in [0.29, 0.717) is 6.61 Å². The van der Waals surface area contributed by atoms with Gasteiger partial charge in [0, 0.05) is 0 Å². The molecule has 1 rings (SSSR count). The van der Waals surface area contributed by atoms with Gasteiger partial charge in [-0.15, -0.1) is 0 Å². The maximum atomic E-state index is 10.8. The van der Waals surface area contributed by atoms with E-state index >= 15 is 0 Å². The molecule has 0 aromatic carbocycles. The first-order valence-corrected chi connectivity index (χ1v) is 4.15. The zero-order valence-corrected chi connectivity index (χ0v) is 7.41. The molecule has 0 saturated carbocycles. The lowest BCUT2D eigenvalue weighted by Gasteiger charge is -2.02. The van der Waals surface area contributed by atoms with Crippen LogP contribution in [-0.2, 0) is 0 Å². The van der Waals surface area contributed by atoms with Crippen molar-refractivity contribution in [3.8, 4) is 11.9 Å². The van der Waals surface area contributed by atoms with Crippen LogP contribution >= 0.6 is 0 Å². The molecule has 0 unspecified atom stereocenters. The minimum Gasteiger partial charge on any atom is -0.493 e. The number of ether oxygens (including phenoxy) is 1. The number of unbranched alkanes of at least 4 members (excludes halogenated alkanes) is 1. The molecule has 1 heterocycles. The zero-order valence-electron chi connectivity index (χ0n) is 7.41. The Labute approximate surface area is 75.4 Å². The predicted molar refractivity (Wildman–Crippen MR) is 46.9 cm³/mol. The Bertz CT molecular complexity index is 321. The topological polar surface area (TPSA) is 75.2 Å². The number of aromatic amines is 1. The highest BCUT2D eigenvalue weighted by Crippen LogP contribution is 2.04. The summed E-state index contributed by atoms with van der Waals surface area (Å²) in [5.74, 6) is -0.324. The van der Waals surface area contributed by atoms with Crippen molar-refractivity contribution in [3.05, 3.63) is 16.4 Å². The summed E-state index contributed by atoms with van der Waals surface area (Å²) in [5.41, 5.74) is -0.418. The second kappa shape index (κ2) is 4.49. The Balaban J connectivity index is 2.61. The van der Waals surface area contributed by atoms with Crippen molar-refractivity contribution in [2.45, 2.75) is 19.8 Å². The van der Waals surface area contributed by atoms with E-state index in [1.807, 2.05) is 6.92 Å². The maximum Gasteiger partial charge on any atom is 0.299 e. The molecule has 0 aliphatic carbocycles. The molecule has 13 heavy (non-hydrogen) atoms. The molecule has 0 radical (unpaired) electrons. The first-order valence-electron chi connectivity index (χ1n) is 4.15. The number of hydrogen-bond donors (Lipinski definition) is 2. The molecule has 0 bridgehead atoms. The molecule has 0 aliphatic heterocycles. The molecule has 1 aromatic rings. The van der Waals surface area contributed by atoms with Gasteiger partial charge in [0.2, 0.25) is 5.88 Å². The largest absolute Gasteiger partial charge is 0.493 e. The lowest BCUT2D eigenvalue weighted by atomic mass is 10.4. The Morgan fingerprint density at radius 3 is 3.08 bits per heavy atom. The van der Waals surface area contributed by atoms with Crippen molar-refractivity contribution < 1.29 is 9.84 Å². The summed E-state index contributed by atoms with van der Waals surface area (Å²) in [6, 6.07) is 1.06. The van der Waals surface area contributed by atoms with Crippen molar-refractivity contribution >= 4 is 0 Å². The quantitative estimate of drug-likeness (QED) is 0.674. The summed E-state index contributed by atoms with van der Waals surface area (Å²) in [6.07, 6.45) is 1.89. The van der Waals surface area contributed by atoms with E-state index < -0.39 is 5.56 Å². The van der Waals surface area contributed by atoms with E-state index in [1.165, 1.54) is 0 Å². The van der Waals surface area contributed by atoms with Gasteiger partial charge < -0.3 is 9.84 Å². The summed E-state index contributed by atoms with van der Waals surface area (Å²) in [4.78, 5) is 16.7. The number of hydrogen-bond acceptors (Lipinski definition) is 4. The molecule has 5 heteroatoms. The molecule has 5 nitrogen and oxygen atoms in total. The van der Waals surface area contributed by atoms with Gasteiger partial charge in [-0.2, -0.15) is 4.98 Å². The lowest BCUT2D eigenvalue weighted by Crippen LogP contribution is -2.09. The van der Waals surface area contributed by atoms with Gasteiger partial charge in [-0.1, -0.05) is 13.3 Å². The second-order valence-electron chi connectivity index (χ2n) is 2.61. The first kappa shape index (κ1) is 9.57. The van der Waals surface area contributed by atoms with Crippen LogP contribution in [0.1, 0.15) is 19.8 Å². The van der Waals surface area contributed by atoms with Crippen molar-refractivity contribution in [2.75, 3.05) is 6.61 Å². The summed E-state index contributed by atoms with van der Waals surface area (Å²) in [5, 5.41) is 8.94. The van der Waals surface area contributed by atoms with Crippen LogP contribution in [0.2, 0.25) is 0 Å². The Morgan fingerprint density at radius 1 is 1.69 bits per heavy atom. The third kappa shape index (κ3) is 3.14. The lowest BCUT2D eigenvalue weighted by molar-refractivity contribution is 0.279. The number of nitrogens with zero attached hydrogens (tertiary/aromatic N) is 1. The number of aromatic nitrogens is 2. The first-order chi connectivity index (χ1) is 6.22. The SMILES string of the molecule is CCCCOc1nc(O)cc(=O)[nH]1. The van der Waals surface area contributed by atoms with Crippen LogP contribution in [0, 0.1) is 0 Å². The molecule has 0 aliphatic rings. The van der Waals surface area contributed by atoms with E-state index in [4.69, 9.17) is 9.84 Å². The number of H-pyrrole nitrogens is 1. The van der Waals surface area contributed by atoms with E-state index in [1.54, 1.807) is 0 Å². The zero-order chi connectivity index (χ0) is 9.68. The van der Waals surface area contributed by atoms with Crippen LogP contribution in [0.4, 0.5) is 0 Å². The van der Waals surface area contributed by atoms with Gasteiger partial charge in [0.05, 0.1) is 12.7 Å². The van der Waals surface area contributed by atoms with Crippen LogP contribution < -0.4 is 10.3 Å². The van der Waals surface area contributed by atoms with E-state index in [0.717, 1.165) is 18.9 Å². The third-order valence-electron chi connectivity index (χ3n) is 1.44. The third-order valence-corrected chi connectivity index (χ3v) is 1.44. The normalized spacial score (nSPS) is 9.92. The smallest absolute Gasteiger partial charge is 0.299 e. The van der Waals surface area contributed by atoms with Crippen molar-refractivity contribution in [2.24, 2.45) is 0 Å². The molecular weight excluding hydrogens is 172 g/mol. The summed E-state index contributed by atoms with van der Waals surface area (Å²) < 4.78 is 5.08. The number of rotatable bonds is 4. The highest BCUT2D eigenvalue weighted by Gasteiger charge is 1.99. The van der Waals surface area contributed by atoms with Crippen LogP contribution in [-0.4, -0.2) is 21.7 Å². The summed E-state index contributed by atoms with van der Waals surface area (Å²) in [6.45, 7) is 2.52. The summed E-state index contributed by atoms with van der Waals surface area (Å²) in [7, 11) is 0. The minimum atomic E-state index is -0.418. The minimum absolute atomic E-state index is 0.0680. The van der Waals surface area contributed by atoms with Crippen molar-refractivity contribution in [3.63, 3.8) is 0 Å². The average molecular weight is 184 g/mol. The van der Waals surface area contributed by atoms with Crippen LogP contribution in [0.25, 0.3) is 0 Å². The molecule has 0 amide bonds. The van der Waals surface area contributed by atoms with Gasteiger partial charge in [-0.05, 0) is 6.42 Å². The molecule has 72 valence electrons. The van der Waals surface area contributed by atoms with E-state index in [2.05, 4.69) is 9.97 Å². The molecule has 0 saturated heterocycles. The average Bonchev–Trinajstić information content (AvgIpc) is 2.03. The van der Waals surface area contributed by atoms with Crippen LogP contribution in [0.3, 0.4) is 0 Å². The predicted octanol–water partition coefficient (Wildman–Crippen LogP) is 0.654. The number of nitrogens with one attached hydrogen (secondary N) is 1. The Morgan fingerprint density at radius 2 is 2.46 bits per heavy atom. The molecule has 0 atom stereocenters. The molecule has 1 aromatic heterocycles. The maximum absolute atomic E-state index is 10.8. The fourth-order valence-electron chi connectivity index (χ4n) is 0.805. The monoisotopic (exact) mass is 184 g/mol. The van der Waals surface area contributed by atoms with Crippen LogP contribution in [0.5, 0.6) is 11.9 Å². The Hall–Kier alpha value is -1.52. The van der Waals surface area contributed by atoms with Crippen molar-refractivity contribution in [1.29, 1.82) is 0 Å². The van der Waals surface area contributed by atoms with Gasteiger partial charge in [-0.3, -0.25) is 9.78 Å². The fourth-order valence-corrected chi connectivity index (χ4v) is 0.805. The van der Waals surface area contributed by atoms with Gasteiger partial charge in [0.25, 0.3) is 11.6 Å². The van der Waals surface area contributed by atoms with E-state index in [-0.39, 0.29) is 11.9 Å². The van der Waals surface area contributed by atoms with Crippen LogP contribution in [0.15, 0.2) is 10.9 Å². The standard InChI is InChI=1S/C8H12N2O3/c1-2-3-4-13-8-9-6(11)5-7(12)10-8/h5H,2-4H2,1H3,(H2,9,10,11,12). The van der Waals surface area contributed by atoms with Gasteiger partial charge in [-0.25, -0.2) is 0 Å².